The summed E-state index contributed by atoms with van der Waals surface area (Å²) in [5, 5.41) is 0. The summed E-state index contributed by atoms with van der Waals surface area (Å²) in [6.45, 7) is 0. The highest BCUT2D eigenvalue weighted by Gasteiger charge is 2.21. The summed E-state index contributed by atoms with van der Waals surface area (Å²) in [7, 11) is 3.00. The molecular weight excluding hydrogens is 256 g/mol. The molecule has 0 radical (unpaired) electrons. The monoisotopic (exact) mass is 270 g/mol. The molecule has 4 nitrogen and oxygen atoms in total. The second kappa shape index (κ2) is 6.02. The molecule has 0 aliphatic rings. The van der Waals surface area contributed by atoms with Crippen molar-refractivity contribution in [2.75, 3.05) is 14.2 Å². The van der Waals surface area contributed by atoms with Gasteiger partial charge in [-0.25, -0.2) is 0 Å². The Kier molecular flexibility index (Phi) is 4.15. The van der Waals surface area contributed by atoms with Gasteiger partial charge >= 0.3 is 0 Å². The number of benzene rings is 2. The average Bonchev–Trinajstić information content (AvgIpc) is 2.53. The minimum absolute atomic E-state index is 0.260. The molecule has 0 spiro atoms. The van der Waals surface area contributed by atoms with Crippen molar-refractivity contribution in [1.29, 1.82) is 0 Å². The van der Waals surface area contributed by atoms with Crippen LogP contribution >= 0.6 is 0 Å². The Morgan fingerprint density at radius 3 is 2.05 bits per heavy atom. The number of carbonyl (C=O) groups is 2. The minimum atomic E-state index is -0.590. The first-order valence-electron chi connectivity index (χ1n) is 6.03. The van der Waals surface area contributed by atoms with E-state index in [0.717, 1.165) is 0 Å². The summed E-state index contributed by atoms with van der Waals surface area (Å²) in [4.78, 5) is 24.4. The summed E-state index contributed by atoms with van der Waals surface area (Å²) in [6, 6.07) is 13.1. The smallest absolute Gasteiger partial charge is 0.237 e. The molecule has 0 N–H and O–H groups in total. The third-order valence-corrected chi connectivity index (χ3v) is 2.91. The van der Waals surface area contributed by atoms with Crippen molar-refractivity contribution in [3.05, 3.63) is 59.7 Å². The first-order chi connectivity index (χ1) is 9.67. The van der Waals surface area contributed by atoms with Crippen LogP contribution < -0.4 is 9.47 Å². The molecule has 0 aliphatic carbocycles. The molecule has 102 valence electrons. The predicted octanol–water partition coefficient (Wildman–Crippen LogP) is 2.77. The van der Waals surface area contributed by atoms with E-state index < -0.39 is 11.6 Å². The van der Waals surface area contributed by atoms with E-state index in [0.29, 0.717) is 17.1 Å². The van der Waals surface area contributed by atoms with Crippen LogP contribution in [-0.4, -0.2) is 25.8 Å². The van der Waals surface area contributed by atoms with Crippen molar-refractivity contribution in [3.63, 3.8) is 0 Å². The molecule has 0 heterocycles. The molecule has 0 bridgehead atoms. The molecule has 0 saturated carbocycles. The van der Waals surface area contributed by atoms with Crippen molar-refractivity contribution < 1.29 is 19.1 Å². The van der Waals surface area contributed by atoms with Crippen LogP contribution in [0.5, 0.6) is 11.5 Å². The lowest BCUT2D eigenvalue weighted by molar-refractivity contribution is 0.0815. The number of Topliss-reactive ketones (excluding diaryl/α,β-unsaturated/α-hetero) is 2. The molecule has 2 rings (SSSR count). The fourth-order valence-electron chi connectivity index (χ4n) is 1.83. The van der Waals surface area contributed by atoms with E-state index >= 15 is 0 Å². The largest absolute Gasteiger partial charge is 0.497 e. The summed E-state index contributed by atoms with van der Waals surface area (Å²) < 4.78 is 10.1. The van der Waals surface area contributed by atoms with Crippen molar-refractivity contribution in [2.45, 2.75) is 0 Å². The Morgan fingerprint density at radius 2 is 1.45 bits per heavy atom. The third-order valence-electron chi connectivity index (χ3n) is 2.91. The highest BCUT2D eigenvalue weighted by Crippen LogP contribution is 2.20. The highest BCUT2D eigenvalue weighted by atomic mass is 16.5. The molecule has 0 unspecified atom stereocenters. The maximum absolute atomic E-state index is 12.2. The van der Waals surface area contributed by atoms with E-state index in [-0.39, 0.29) is 5.56 Å². The molecule has 2 aromatic carbocycles. The highest BCUT2D eigenvalue weighted by molar-refractivity contribution is 6.49. The minimum Gasteiger partial charge on any atom is -0.497 e. The lowest BCUT2D eigenvalue weighted by Crippen LogP contribution is -2.15. The third kappa shape index (κ3) is 2.69. The van der Waals surface area contributed by atoms with E-state index in [4.69, 9.17) is 9.47 Å². The molecule has 0 amide bonds. The number of para-hydroxylation sites is 1. The van der Waals surface area contributed by atoms with Crippen LogP contribution in [0.15, 0.2) is 48.5 Å². The normalized spacial score (nSPS) is 9.90. The van der Waals surface area contributed by atoms with Gasteiger partial charge < -0.3 is 9.47 Å². The quantitative estimate of drug-likeness (QED) is 0.619. The van der Waals surface area contributed by atoms with Crippen molar-refractivity contribution in [3.8, 4) is 11.5 Å². The zero-order valence-corrected chi connectivity index (χ0v) is 11.3. The van der Waals surface area contributed by atoms with Gasteiger partial charge in [0.05, 0.1) is 19.8 Å². The van der Waals surface area contributed by atoms with Crippen LogP contribution in [0, 0.1) is 0 Å². The van der Waals surface area contributed by atoms with Gasteiger partial charge in [0.25, 0.3) is 0 Å². The first kappa shape index (κ1) is 13.8. The van der Waals surface area contributed by atoms with Crippen LogP contribution in [0.2, 0.25) is 0 Å². The molecule has 0 aromatic heterocycles. The first-order valence-corrected chi connectivity index (χ1v) is 6.03. The summed E-state index contributed by atoms with van der Waals surface area (Å²) >= 11 is 0. The van der Waals surface area contributed by atoms with Crippen molar-refractivity contribution in [2.24, 2.45) is 0 Å². The van der Waals surface area contributed by atoms with E-state index in [1.807, 2.05) is 0 Å². The summed E-state index contributed by atoms with van der Waals surface area (Å²) in [5.74, 6) is -0.143. The molecule has 0 fully saturated rings. The SMILES string of the molecule is COc1ccc(C(=O)C(=O)c2ccccc2OC)cc1. The number of ketones is 2. The van der Waals surface area contributed by atoms with E-state index in [1.165, 1.54) is 14.2 Å². The maximum Gasteiger partial charge on any atom is 0.237 e. The second-order valence-electron chi connectivity index (χ2n) is 4.09. The number of methoxy groups -OCH3 is 2. The van der Waals surface area contributed by atoms with Gasteiger partial charge in [-0.15, -0.1) is 0 Å². The van der Waals surface area contributed by atoms with Crippen LogP contribution in [0.4, 0.5) is 0 Å². The topological polar surface area (TPSA) is 52.6 Å². The molecule has 20 heavy (non-hydrogen) atoms. The Labute approximate surface area is 116 Å². The van der Waals surface area contributed by atoms with Crippen LogP contribution in [0.1, 0.15) is 20.7 Å². The van der Waals surface area contributed by atoms with Gasteiger partial charge in [0.2, 0.25) is 11.6 Å². The van der Waals surface area contributed by atoms with Gasteiger partial charge in [0, 0.05) is 5.56 Å². The van der Waals surface area contributed by atoms with E-state index in [9.17, 15) is 9.59 Å². The van der Waals surface area contributed by atoms with Crippen molar-refractivity contribution >= 4 is 11.6 Å². The van der Waals surface area contributed by atoms with Crippen molar-refractivity contribution in [1.82, 2.24) is 0 Å². The standard InChI is InChI=1S/C16H14O4/c1-19-12-9-7-11(8-10-12)15(17)16(18)13-5-3-4-6-14(13)20-2/h3-10H,1-2H3. The lowest BCUT2D eigenvalue weighted by Gasteiger charge is -2.07. The van der Waals surface area contributed by atoms with Gasteiger partial charge in [-0.1, -0.05) is 12.1 Å². The molecule has 0 aliphatic heterocycles. The Balaban J connectivity index is 2.30. The van der Waals surface area contributed by atoms with Gasteiger partial charge in [-0.05, 0) is 36.4 Å². The summed E-state index contributed by atoms with van der Waals surface area (Å²) in [5.41, 5.74) is 0.581. The van der Waals surface area contributed by atoms with Gasteiger partial charge in [-0.3, -0.25) is 9.59 Å². The predicted molar refractivity (Wildman–Crippen MR) is 74.6 cm³/mol. The van der Waals surface area contributed by atoms with Gasteiger partial charge in [-0.2, -0.15) is 0 Å². The van der Waals surface area contributed by atoms with Crippen LogP contribution in [-0.2, 0) is 0 Å². The number of hydrogen-bond donors (Lipinski definition) is 0. The van der Waals surface area contributed by atoms with Crippen LogP contribution in [0.3, 0.4) is 0 Å². The van der Waals surface area contributed by atoms with Gasteiger partial charge in [0.1, 0.15) is 11.5 Å². The Bertz CT molecular complexity index is 629. The number of hydrogen-bond acceptors (Lipinski definition) is 4. The number of ether oxygens (including phenoxy) is 2. The lowest BCUT2D eigenvalue weighted by atomic mass is 10.0. The number of carbonyl (C=O) groups excluding carboxylic acids is 2. The average molecular weight is 270 g/mol. The van der Waals surface area contributed by atoms with Crippen LogP contribution in [0.25, 0.3) is 0 Å². The van der Waals surface area contributed by atoms with Gasteiger partial charge in [0.15, 0.2) is 0 Å². The molecule has 0 atom stereocenters. The molecule has 4 heteroatoms. The van der Waals surface area contributed by atoms with E-state index in [1.54, 1.807) is 48.5 Å². The molecular formula is C16H14O4. The summed E-state index contributed by atoms with van der Waals surface area (Å²) in [6.07, 6.45) is 0. The Morgan fingerprint density at radius 1 is 0.800 bits per heavy atom. The zero-order chi connectivity index (χ0) is 14.5. The fraction of sp³-hybridized carbons (Fsp3) is 0.125. The molecule has 0 saturated heterocycles. The fourth-order valence-corrected chi connectivity index (χ4v) is 1.83. The second-order valence-corrected chi connectivity index (χ2v) is 4.09. The zero-order valence-electron chi connectivity index (χ0n) is 11.3. The molecule has 2 aromatic rings. The maximum atomic E-state index is 12.2. The van der Waals surface area contributed by atoms with E-state index in [2.05, 4.69) is 0 Å². The number of rotatable bonds is 5. The Hall–Kier alpha value is -2.62.